The Kier molecular flexibility index (Phi) is 5.66. The zero-order chi connectivity index (χ0) is 14.5. The van der Waals surface area contributed by atoms with Gasteiger partial charge in [-0.3, -0.25) is 4.79 Å². The van der Waals surface area contributed by atoms with Crippen molar-refractivity contribution in [3.8, 4) is 0 Å². The Balaban J connectivity index is 1.94. The molecule has 1 aliphatic rings. The second-order valence-corrected chi connectivity index (χ2v) is 5.62. The van der Waals surface area contributed by atoms with E-state index < -0.39 is 0 Å². The molecule has 1 aliphatic heterocycles. The molecule has 0 aliphatic carbocycles. The van der Waals surface area contributed by atoms with E-state index in [4.69, 9.17) is 33.0 Å². The van der Waals surface area contributed by atoms with Crippen LogP contribution in [0.4, 0.5) is 0 Å². The van der Waals surface area contributed by atoms with E-state index in [9.17, 15) is 4.79 Å². The molecule has 4 nitrogen and oxygen atoms in total. The fourth-order valence-electron chi connectivity index (χ4n) is 2.30. The van der Waals surface area contributed by atoms with Crippen molar-refractivity contribution in [3.05, 3.63) is 33.8 Å². The van der Waals surface area contributed by atoms with E-state index in [1.165, 1.54) is 0 Å². The number of piperidine rings is 1. The second-order valence-electron chi connectivity index (χ2n) is 4.74. The molecule has 0 unspecified atom stereocenters. The highest BCUT2D eigenvalue weighted by Crippen LogP contribution is 2.22. The molecule has 0 aromatic heterocycles. The lowest BCUT2D eigenvalue weighted by Crippen LogP contribution is -2.41. The highest BCUT2D eigenvalue weighted by Gasteiger charge is 2.24. The van der Waals surface area contributed by atoms with Gasteiger partial charge in [0.25, 0.3) is 5.91 Å². The maximum Gasteiger partial charge on any atom is 0.253 e. The van der Waals surface area contributed by atoms with Crippen LogP contribution in [0.2, 0.25) is 10.0 Å². The smallest absolute Gasteiger partial charge is 0.253 e. The number of aliphatic hydroxyl groups is 1. The summed E-state index contributed by atoms with van der Waals surface area (Å²) in [5.74, 6) is -0.0602. The van der Waals surface area contributed by atoms with Crippen molar-refractivity contribution in [3.63, 3.8) is 0 Å². The molecule has 1 amide bonds. The Morgan fingerprint density at radius 2 is 1.85 bits per heavy atom. The number of nitrogens with zero attached hydrogens (tertiary/aromatic N) is 1. The van der Waals surface area contributed by atoms with Crippen molar-refractivity contribution in [2.45, 2.75) is 18.9 Å². The van der Waals surface area contributed by atoms with Crippen LogP contribution in [0.5, 0.6) is 0 Å². The van der Waals surface area contributed by atoms with Crippen molar-refractivity contribution in [2.24, 2.45) is 0 Å². The number of halogens is 2. The van der Waals surface area contributed by atoms with Crippen molar-refractivity contribution in [1.29, 1.82) is 0 Å². The molecule has 0 atom stereocenters. The number of rotatable bonds is 4. The average Bonchev–Trinajstić information content (AvgIpc) is 2.44. The number of hydrogen-bond acceptors (Lipinski definition) is 3. The van der Waals surface area contributed by atoms with E-state index >= 15 is 0 Å². The van der Waals surface area contributed by atoms with E-state index in [1.54, 1.807) is 23.1 Å². The fourth-order valence-corrected chi connectivity index (χ4v) is 2.83. The van der Waals surface area contributed by atoms with Crippen molar-refractivity contribution < 1.29 is 14.6 Å². The molecule has 1 aromatic carbocycles. The summed E-state index contributed by atoms with van der Waals surface area (Å²) in [6.07, 6.45) is 1.68. The topological polar surface area (TPSA) is 49.8 Å². The first kappa shape index (κ1) is 15.6. The summed E-state index contributed by atoms with van der Waals surface area (Å²) in [5, 5.41) is 9.64. The van der Waals surface area contributed by atoms with Crippen molar-refractivity contribution >= 4 is 29.1 Å². The van der Waals surface area contributed by atoms with Crippen LogP contribution >= 0.6 is 23.2 Å². The Morgan fingerprint density at radius 1 is 1.25 bits per heavy atom. The summed E-state index contributed by atoms with van der Waals surface area (Å²) in [5.41, 5.74) is 0.511. The van der Waals surface area contributed by atoms with Crippen LogP contribution in [-0.4, -0.2) is 48.3 Å². The number of carbonyl (C=O) groups excluding carboxylic acids is 1. The summed E-state index contributed by atoms with van der Waals surface area (Å²) < 4.78 is 5.47. The lowest BCUT2D eigenvalue weighted by atomic mass is 10.1. The van der Waals surface area contributed by atoms with Gasteiger partial charge in [-0.2, -0.15) is 0 Å². The van der Waals surface area contributed by atoms with E-state index in [-0.39, 0.29) is 18.6 Å². The highest BCUT2D eigenvalue weighted by molar-refractivity contribution is 6.35. The molecule has 0 radical (unpaired) electrons. The first-order chi connectivity index (χ1) is 9.60. The molecule has 1 saturated heterocycles. The summed E-state index contributed by atoms with van der Waals surface area (Å²) in [6, 6.07) is 4.86. The molecular formula is C14H17Cl2NO3. The average molecular weight is 318 g/mol. The molecule has 110 valence electrons. The monoisotopic (exact) mass is 317 g/mol. The van der Waals surface area contributed by atoms with E-state index in [0.717, 1.165) is 12.8 Å². The largest absolute Gasteiger partial charge is 0.394 e. The minimum Gasteiger partial charge on any atom is -0.394 e. The first-order valence-electron chi connectivity index (χ1n) is 6.58. The standard InChI is InChI=1S/C14H17Cl2NO3/c15-11-7-10(8-12(16)9-11)14(19)17-3-1-13(2-4-17)20-6-5-18/h7-9,13,18H,1-6H2. The highest BCUT2D eigenvalue weighted by atomic mass is 35.5. The Morgan fingerprint density at radius 3 is 2.40 bits per heavy atom. The van der Waals surface area contributed by atoms with E-state index in [1.807, 2.05) is 0 Å². The summed E-state index contributed by atoms with van der Waals surface area (Å²) >= 11 is 11.8. The van der Waals surface area contributed by atoms with Gasteiger partial charge in [-0.25, -0.2) is 0 Å². The van der Waals surface area contributed by atoms with Crippen LogP contribution in [0.1, 0.15) is 23.2 Å². The van der Waals surface area contributed by atoms with Crippen LogP contribution in [0, 0.1) is 0 Å². The molecule has 0 bridgehead atoms. The number of likely N-dealkylation sites (tertiary alicyclic amines) is 1. The van der Waals surface area contributed by atoms with Gasteiger partial charge < -0.3 is 14.7 Å². The number of hydrogen-bond donors (Lipinski definition) is 1. The predicted molar refractivity (Wildman–Crippen MR) is 78.4 cm³/mol. The van der Waals surface area contributed by atoms with Crippen LogP contribution < -0.4 is 0 Å². The lowest BCUT2D eigenvalue weighted by molar-refractivity contribution is -0.00554. The molecule has 1 heterocycles. The summed E-state index contributed by atoms with van der Waals surface area (Å²) in [6.45, 7) is 1.65. The molecule has 1 aromatic rings. The van der Waals surface area contributed by atoms with Gasteiger partial charge in [0.05, 0.1) is 19.3 Å². The van der Waals surface area contributed by atoms with Gasteiger partial charge in [-0.1, -0.05) is 23.2 Å². The Hall–Kier alpha value is -0.810. The maximum absolute atomic E-state index is 12.4. The Bertz CT molecular complexity index is 453. The number of carbonyl (C=O) groups is 1. The molecule has 1 fully saturated rings. The number of aliphatic hydroxyl groups excluding tert-OH is 1. The van der Waals surface area contributed by atoms with Gasteiger partial charge >= 0.3 is 0 Å². The van der Waals surface area contributed by atoms with Crippen LogP contribution in [-0.2, 0) is 4.74 Å². The van der Waals surface area contributed by atoms with Crippen molar-refractivity contribution in [2.75, 3.05) is 26.3 Å². The lowest BCUT2D eigenvalue weighted by Gasteiger charge is -2.32. The third-order valence-corrected chi connectivity index (χ3v) is 3.72. The first-order valence-corrected chi connectivity index (χ1v) is 7.33. The van der Waals surface area contributed by atoms with Gasteiger partial charge in [0.15, 0.2) is 0 Å². The quantitative estimate of drug-likeness (QED) is 0.928. The maximum atomic E-state index is 12.4. The zero-order valence-electron chi connectivity index (χ0n) is 11.0. The van der Waals surface area contributed by atoms with Crippen LogP contribution in [0.15, 0.2) is 18.2 Å². The SMILES string of the molecule is O=C(c1cc(Cl)cc(Cl)c1)N1CCC(OCCO)CC1. The second kappa shape index (κ2) is 7.27. The predicted octanol–water partition coefficient (Wildman–Crippen LogP) is 2.61. The van der Waals surface area contributed by atoms with Gasteiger partial charge in [0, 0.05) is 28.7 Å². The molecule has 2 rings (SSSR count). The molecule has 20 heavy (non-hydrogen) atoms. The fraction of sp³-hybridized carbons (Fsp3) is 0.500. The Labute approximate surface area is 128 Å². The van der Waals surface area contributed by atoms with Crippen molar-refractivity contribution in [1.82, 2.24) is 4.90 Å². The molecular weight excluding hydrogens is 301 g/mol. The van der Waals surface area contributed by atoms with Crippen LogP contribution in [0.3, 0.4) is 0 Å². The van der Waals surface area contributed by atoms with Crippen LogP contribution in [0.25, 0.3) is 0 Å². The molecule has 0 saturated carbocycles. The van der Waals surface area contributed by atoms with Gasteiger partial charge in [0.2, 0.25) is 0 Å². The third-order valence-electron chi connectivity index (χ3n) is 3.28. The van der Waals surface area contributed by atoms with E-state index in [0.29, 0.717) is 35.3 Å². The normalized spacial score (nSPS) is 16.4. The zero-order valence-corrected chi connectivity index (χ0v) is 12.5. The number of amides is 1. The van der Waals surface area contributed by atoms with Gasteiger partial charge in [0.1, 0.15) is 0 Å². The molecule has 6 heteroatoms. The van der Waals surface area contributed by atoms with Gasteiger partial charge in [-0.15, -0.1) is 0 Å². The minimum absolute atomic E-state index is 0.0279. The van der Waals surface area contributed by atoms with Gasteiger partial charge in [-0.05, 0) is 31.0 Å². The van der Waals surface area contributed by atoms with E-state index in [2.05, 4.69) is 0 Å². The summed E-state index contributed by atoms with van der Waals surface area (Å²) in [7, 11) is 0. The minimum atomic E-state index is -0.0602. The number of ether oxygens (including phenoxy) is 1. The molecule has 1 N–H and O–H groups in total. The number of benzene rings is 1. The molecule has 0 spiro atoms. The summed E-state index contributed by atoms with van der Waals surface area (Å²) in [4.78, 5) is 14.1. The third kappa shape index (κ3) is 4.09.